The van der Waals surface area contributed by atoms with Gasteiger partial charge in [-0.3, -0.25) is 0 Å². The van der Waals surface area contributed by atoms with Crippen LogP contribution in [0.25, 0.3) is 0 Å². The predicted octanol–water partition coefficient (Wildman–Crippen LogP) is 2.18. The van der Waals surface area contributed by atoms with Crippen LogP contribution in [0.3, 0.4) is 0 Å². The van der Waals surface area contributed by atoms with Crippen LogP contribution in [0.2, 0.25) is 0 Å². The number of hydrogen-bond donors (Lipinski definition) is 3. The van der Waals surface area contributed by atoms with Crippen molar-refractivity contribution in [3.63, 3.8) is 0 Å². The number of phenolic OH excluding ortho intramolecular Hbond substituents is 1. The molecule has 0 aliphatic heterocycles. The number of phenols is 1. The van der Waals surface area contributed by atoms with Crippen molar-refractivity contribution >= 4 is 15.9 Å². The Hall–Kier alpha value is -0.840. The third-order valence-corrected chi connectivity index (χ3v) is 3.76. The zero-order chi connectivity index (χ0) is 12.3. The summed E-state index contributed by atoms with van der Waals surface area (Å²) in [6.45, 7) is 0.909. The Morgan fingerprint density at radius 3 is 2.88 bits per heavy atom. The standard InChI is InChI=1S/C13H16BrNO2/c14-13-4-3-12(17)6-10(13)7-15-11-2-1-9(5-11)8-16/h1-4,6,9,11,15-17H,5,7-8H2/t9-,11+/m0/s1. The quantitative estimate of drug-likeness (QED) is 0.747. The first kappa shape index (κ1) is 12.6. The lowest BCUT2D eigenvalue weighted by Crippen LogP contribution is -2.26. The summed E-state index contributed by atoms with van der Waals surface area (Å²) in [6.07, 6.45) is 5.08. The van der Waals surface area contributed by atoms with Gasteiger partial charge in [-0.25, -0.2) is 0 Å². The Kier molecular flexibility index (Phi) is 4.20. The van der Waals surface area contributed by atoms with Crippen LogP contribution in [0.4, 0.5) is 0 Å². The SMILES string of the molecule is OC[C@H]1C=C[C@@H](NCc2cc(O)ccc2Br)C1. The van der Waals surface area contributed by atoms with Crippen molar-refractivity contribution in [2.45, 2.75) is 19.0 Å². The number of hydrogen-bond acceptors (Lipinski definition) is 3. The van der Waals surface area contributed by atoms with Gasteiger partial charge in [-0.2, -0.15) is 0 Å². The first-order valence-electron chi connectivity index (χ1n) is 5.69. The van der Waals surface area contributed by atoms with E-state index >= 15 is 0 Å². The number of aliphatic hydroxyl groups is 1. The average Bonchev–Trinajstić information content (AvgIpc) is 2.78. The summed E-state index contributed by atoms with van der Waals surface area (Å²) in [4.78, 5) is 0. The number of aromatic hydroxyl groups is 1. The summed E-state index contributed by atoms with van der Waals surface area (Å²) in [7, 11) is 0. The van der Waals surface area contributed by atoms with E-state index in [1.165, 1.54) is 0 Å². The maximum atomic E-state index is 9.41. The van der Waals surface area contributed by atoms with Gasteiger partial charge >= 0.3 is 0 Å². The molecule has 2 rings (SSSR count). The van der Waals surface area contributed by atoms with Crippen LogP contribution in [-0.4, -0.2) is 22.9 Å². The van der Waals surface area contributed by atoms with Crippen LogP contribution in [0.1, 0.15) is 12.0 Å². The van der Waals surface area contributed by atoms with E-state index in [0.29, 0.717) is 12.6 Å². The fraction of sp³-hybridized carbons (Fsp3) is 0.385. The van der Waals surface area contributed by atoms with E-state index in [2.05, 4.69) is 33.4 Å². The van der Waals surface area contributed by atoms with Crippen LogP contribution in [-0.2, 0) is 6.54 Å². The molecular formula is C13H16BrNO2. The molecule has 1 aromatic carbocycles. The second-order valence-corrected chi connectivity index (χ2v) is 5.18. The van der Waals surface area contributed by atoms with Gasteiger partial charge in [0.2, 0.25) is 0 Å². The molecule has 0 aromatic heterocycles. The van der Waals surface area contributed by atoms with Crippen molar-refractivity contribution in [3.05, 3.63) is 40.4 Å². The van der Waals surface area contributed by atoms with Gasteiger partial charge in [0.1, 0.15) is 5.75 Å². The summed E-state index contributed by atoms with van der Waals surface area (Å²) in [5.41, 5.74) is 1.03. The minimum Gasteiger partial charge on any atom is -0.508 e. The van der Waals surface area contributed by atoms with Crippen LogP contribution >= 0.6 is 15.9 Å². The van der Waals surface area contributed by atoms with E-state index in [1.807, 2.05) is 6.07 Å². The highest BCUT2D eigenvalue weighted by atomic mass is 79.9. The highest BCUT2D eigenvalue weighted by Gasteiger charge is 2.17. The fourth-order valence-electron chi connectivity index (χ4n) is 2.00. The predicted molar refractivity (Wildman–Crippen MR) is 70.8 cm³/mol. The molecule has 0 spiro atoms. The second-order valence-electron chi connectivity index (χ2n) is 4.33. The molecule has 0 saturated carbocycles. The number of rotatable bonds is 4. The van der Waals surface area contributed by atoms with E-state index in [-0.39, 0.29) is 18.3 Å². The van der Waals surface area contributed by atoms with Crippen LogP contribution in [0.5, 0.6) is 5.75 Å². The third-order valence-electron chi connectivity index (χ3n) is 2.99. The molecule has 1 aliphatic rings. The Labute approximate surface area is 109 Å². The lowest BCUT2D eigenvalue weighted by Gasteiger charge is -2.13. The molecule has 3 N–H and O–H groups in total. The summed E-state index contributed by atoms with van der Waals surface area (Å²) >= 11 is 3.46. The van der Waals surface area contributed by atoms with E-state index in [0.717, 1.165) is 16.5 Å². The van der Waals surface area contributed by atoms with Gasteiger partial charge in [0.05, 0.1) is 0 Å². The van der Waals surface area contributed by atoms with Crippen molar-refractivity contribution in [1.29, 1.82) is 0 Å². The van der Waals surface area contributed by atoms with Gasteiger partial charge in [-0.05, 0) is 30.2 Å². The van der Waals surface area contributed by atoms with Crippen molar-refractivity contribution < 1.29 is 10.2 Å². The molecule has 4 heteroatoms. The topological polar surface area (TPSA) is 52.5 Å². The van der Waals surface area contributed by atoms with Gasteiger partial charge in [-0.15, -0.1) is 0 Å². The summed E-state index contributed by atoms with van der Waals surface area (Å²) in [6, 6.07) is 5.55. The molecule has 92 valence electrons. The Morgan fingerprint density at radius 2 is 2.18 bits per heavy atom. The third kappa shape index (κ3) is 3.31. The van der Waals surface area contributed by atoms with E-state index in [9.17, 15) is 5.11 Å². The number of nitrogens with one attached hydrogen (secondary N) is 1. The molecule has 0 bridgehead atoms. The molecule has 0 heterocycles. The van der Waals surface area contributed by atoms with E-state index in [1.54, 1.807) is 12.1 Å². The second kappa shape index (κ2) is 5.67. The van der Waals surface area contributed by atoms with Gasteiger partial charge in [-0.1, -0.05) is 28.1 Å². The molecule has 3 nitrogen and oxygen atoms in total. The molecule has 0 saturated heterocycles. The van der Waals surface area contributed by atoms with Gasteiger partial charge in [0, 0.05) is 29.6 Å². The van der Waals surface area contributed by atoms with Crippen LogP contribution in [0.15, 0.2) is 34.8 Å². The molecule has 0 amide bonds. The minimum absolute atomic E-state index is 0.213. The monoisotopic (exact) mass is 297 g/mol. The zero-order valence-corrected chi connectivity index (χ0v) is 11.0. The van der Waals surface area contributed by atoms with Gasteiger partial charge < -0.3 is 15.5 Å². The Balaban J connectivity index is 1.90. The smallest absolute Gasteiger partial charge is 0.115 e. The van der Waals surface area contributed by atoms with Crippen molar-refractivity contribution in [2.75, 3.05) is 6.61 Å². The lowest BCUT2D eigenvalue weighted by atomic mass is 10.1. The number of aliphatic hydroxyl groups excluding tert-OH is 1. The summed E-state index contributed by atoms with van der Waals surface area (Å²) in [5, 5.41) is 21.8. The van der Waals surface area contributed by atoms with Gasteiger partial charge in [0.15, 0.2) is 0 Å². The summed E-state index contributed by atoms with van der Waals surface area (Å²) in [5.74, 6) is 0.556. The molecule has 1 aromatic rings. The van der Waals surface area contributed by atoms with Gasteiger partial charge in [0.25, 0.3) is 0 Å². The molecular weight excluding hydrogens is 282 g/mol. The molecule has 2 atom stereocenters. The first-order valence-corrected chi connectivity index (χ1v) is 6.48. The summed E-state index contributed by atoms with van der Waals surface area (Å²) < 4.78 is 0.989. The van der Waals surface area contributed by atoms with Crippen LogP contribution in [0, 0.1) is 5.92 Å². The fourth-order valence-corrected chi connectivity index (χ4v) is 2.39. The molecule has 0 radical (unpaired) electrons. The highest BCUT2D eigenvalue weighted by molar-refractivity contribution is 9.10. The molecule has 17 heavy (non-hydrogen) atoms. The Bertz CT molecular complexity index is 420. The lowest BCUT2D eigenvalue weighted by molar-refractivity contribution is 0.246. The molecule has 0 fully saturated rings. The maximum absolute atomic E-state index is 9.41. The van der Waals surface area contributed by atoms with E-state index < -0.39 is 0 Å². The van der Waals surface area contributed by atoms with E-state index in [4.69, 9.17) is 5.11 Å². The normalized spacial score (nSPS) is 23.2. The van der Waals surface area contributed by atoms with Crippen LogP contribution < -0.4 is 5.32 Å². The Morgan fingerprint density at radius 1 is 1.35 bits per heavy atom. The molecule has 0 unspecified atom stereocenters. The number of halogens is 1. The average molecular weight is 298 g/mol. The highest BCUT2D eigenvalue weighted by Crippen LogP contribution is 2.23. The number of benzene rings is 1. The first-order chi connectivity index (χ1) is 8.19. The van der Waals surface area contributed by atoms with Crippen molar-refractivity contribution in [3.8, 4) is 5.75 Å². The zero-order valence-electron chi connectivity index (χ0n) is 9.44. The largest absolute Gasteiger partial charge is 0.508 e. The van der Waals surface area contributed by atoms with Crippen molar-refractivity contribution in [2.24, 2.45) is 5.92 Å². The van der Waals surface area contributed by atoms with Crippen molar-refractivity contribution in [1.82, 2.24) is 5.32 Å². The minimum atomic E-state index is 0.213. The molecule has 1 aliphatic carbocycles. The maximum Gasteiger partial charge on any atom is 0.115 e.